The van der Waals surface area contributed by atoms with Crippen LogP contribution in [0.2, 0.25) is 0 Å². The van der Waals surface area contributed by atoms with Crippen LogP contribution in [0.4, 0.5) is 19.0 Å². The Balaban J connectivity index is 1.35. The third kappa shape index (κ3) is 3.51. The van der Waals surface area contributed by atoms with Gasteiger partial charge in [-0.1, -0.05) is 5.16 Å². The van der Waals surface area contributed by atoms with E-state index in [1.165, 1.54) is 6.07 Å². The summed E-state index contributed by atoms with van der Waals surface area (Å²) in [6.07, 6.45) is -0.760. The fourth-order valence-electron chi connectivity index (χ4n) is 3.04. The summed E-state index contributed by atoms with van der Waals surface area (Å²) in [6, 6.07) is 3.93. The molecule has 1 atom stereocenters. The molecule has 1 N–H and O–H groups in total. The summed E-state index contributed by atoms with van der Waals surface area (Å²) in [4.78, 5) is 18.0. The van der Waals surface area contributed by atoms with E-state index in [-0.39, 0.29) is 17.6 Å². The maximum atomic E-state index is 12.6. The van der Waals surface area contributed by atoms with Crippen molar-refractivity contribution >= 4 is 11.7 Å². The third-order valence-electron chi connectivity index (χ3n) is 4.66. The predicted molar refractivity (Wildman–Crippen MR) is 85.8 cm³/mol. The zero-order chi connectivity index (χ0) is 18.3. The highest BCUT2D eigenvalue weighted by molar-refractivity contribution is 5.92. The molecule has 138 valence electrons. The zero-order valence-electron chi connectivity index (χ0n) is 13.8. The number of hydrogen-bond donors (Lipinski definition) is 1. The number of carbonyl (C=O) groups is 1. The average molecular weight is 366 g/mol. The van der Waals surface area contributed by atoms with Crippen LogP contribution in [0, 0.1) is 0 Å². The van der Waals surface area contributed by atoms with Crippen LogP contribution in [0.3, 0.4) is 0 Å². The number of alkyl halides is 3. The molecule has 2 aliphatic rings. The van der Waals surface area contributed by atoms with Gasteiger partial charge in [-0.15, -0.1) is 0 Å². The van der Waals surface area contributed by atoms with Crippen LogP contribution in [0.1, 0.15) is 47.0 Å². The van der Waals surface area contributed by atoms with Crippen LogP contribution in [-0.4, -0.2) is 35.2 Å². The van der Waals surface area contributed by atoms with E-state index in [9.17, 15) is 18.0 Å². The molecule has 1 saturated carbocycles. The van der Waals surface area contributed by atoms with Gasteiger partial charge in [0.25, 0.3) is 5.91 Å². The second kappa shape index (κ2) is 6.30. The highest BCUT2D eigenvalue weighted by Crippen LogP contribution is 2.40. The molecule has 4 rings (SSSR count). The SMILES string of the molecule is O=C(N[C@@H]1CCN(c2ccc(C(F)(F)F)cn2)C1)c1cc(C2CC2)on1. The van der Waals surface area contributed by atoms with Crippen molar-refractivity contribution in [3.63, 3.8) is 0 Å². The van der Waals surface area contributed by atoms with Crippen LogP contribution in [0.5, 0.6) is 0 Å². The van der Waals surface area contributed by atoms with Crippen molar-refractivity contribution in [2.45, 2.75) is 37.4 Å². The molecule has 1 aliphatic heterocycles. The van der Waals surface area contributed by atoms with Gasteiger partial charge in [0.2, 0.25) is 0 Å². The number of carbonyl (C=O) groups excluding carboxylic acids is 1. The van der Waals surface area contributed by atoms with Gasteiger partial charge in [-0.3, -0.25) is 4.79 Å². The molecule has 1 saturated heterocycles. The molecule has 0 spiro atoms. The number of hydrogen-bond acceptors (Lipinski definition) is 5. The largest absolute Gasteiger partial charge is 0.417 e. The molecule has 0 radical (unpaired) electrons. The van der Waals surface area contributed by atoms with Crippen molar-refractivity contribution in [3.05, 3.63) is 41.4 Å². The first kappa shape index (κ1) is 16.9. The molecule has 9 heteroatoms. The summed E-state index contributed by atoms with van der Waals surface area (Å²) in [7, 11) is 0. The van der Waals surface area contributed by atoms with Gasteiger partial charge in [0.1, 0.15) is 11.6 Å². The van der Waals surface area contributed by atoms with E-state index in [0.29, 0.717) is 31.2 Å². The Hall–Kier alpha value is -2.58. The van der Waals surface area contributed by atoms with E-state index >= 15 is 0 Å². The van der Waals surface area contributed by atoms with Crippen LogP contribution < -0.4 is 10.2 Å². The lowest BCUT2D eigenvalue weighted by Crippen LogP contribution is -2.37. The number of anilines is 1. The molecule has 2 fully saturated rings. The smallest absolute Gasteiger partial charge is 0.360 e. The van der Waals surface area contributed by atoms with Crippen molar-refractivity contribution in [2.24, 2.45) is 0 Å². The van der Waals surface area contributed by atoms with Crippen LogP contribution in [-0.2, 0) is 6.18 Å². The molecular formula is C17H17F3N4O2. The van der Waals surface area contributed by atoms with E-state index in [2.05, 4.69) is 15.5 Å². The minimum Gasteiger partial charge on any atom is -0.360 e. The molecule has 2 aromatic heterocycles. The molecule has 3 heterocycles. The van der Waals surface area contributed by atoms with Gasteiger partial charge in [0, 0.05) is 37.3 Å². The summed E-state index contributed by atoms with van der Waals surface area (Å²) >= 11 is 0. The van der Waals surface area contributed by atoms with Gasteiger partial charge < -0.3 is 14.7 Å². The molecule has 1 amide bonds. The highest BCUT2D eigenvalue weighted by atomic mass is 19.4. The summed E-state index contributed by atoms with van der Waals surface area (Å²) in [5.41, 5.74) is -0.513. The first-order valence-electron chi connectivity index (χ1n) is 8.46. The Morgan fingerprint density at radius 2 is 2.08 bits per heavy atom. The summed E-state index contributed by atoms with van der Waals surface area (Å²) in [5, 5.41) is 6.70. The Bertz CT molecular complexity index is 799. The van der Waals surface area contributed by atoms with Crippen LogP contribution >= 0.6 is 0 Å². The van der Waals surface area contributed by atoms with Crippen molar-refractivity contribution < 1.29 is 22.5 Å². The first-order chi connectivity index (χ1) is 12.4. The lowest BCUT2D eigenvalue weighted by atomic mass is 10.2. The second-order valence-electron chi connectivity index (χ2n) is 6.70. The Labute approximate surface area is 147 Å². The monoisotopic (exact) mass is 366 g/mol. The molecule has 26 heavy (non-hydrogen) atoms. The fourth-order valence-corrected chi connectivity index (χ4v) is 3.04. The Morgan fingerprint density at radius 1 is 1.27 bits per heavy atom. The summed E-state index contributed by atoms with van der Waals surface area (Å²) < 4.78 is 43.0. The van der Waals surface area contributed by atoms with Crippen LogP contribution in [0.25, 0.3) is 0 Å². The quantitative estimate of drug-likeness (QED) is 0.901. The topological polar surface area (TPSA) is 71.3 Å². The standard InChI is InChI=1S/C17H17F3N4O2/c18-17(19,20)11-3-4-15(21-8-11)24-6-5-12(9-24)22-16(25)13-7-14(26-23-13)10-1-2-10/h3-4,7-8,10,12H,1-2,5-6,9H2,(H,22,25)/t12-/m1/s1. The summed E-state index contributed by atoms with van der Waals surface area (Å²) in [6.45, 7) is 1.09. The number of pyridine rings is 1. The number of nitrogens with zero attached hydrogens (tertiary/aromatic N) is 3. The van der Waals surface area contributed by atoms with Crippen molar-refractivity contribution in [3.8, 4) is 0 Å². The minimum atomic E-state index is -4.40. The van der Waals surface area contributed by atoms with Gasteiger partial charge >= 0.3 is 6.18 Å². The molecule has 2 aromatic rings. The molecule has 0 aromatic carbocycles. The number of rotatable bonds is 4. The van der Waals surface area contributed by atoms with E-state index in [1.807, 2.05) is 4.90 Å². The lowest BCUT2D eigenvalue weighted by molar-refractivity contribution is -0.137. The normalized spacial score (nSPS) is 20.4. The maximum Gasteiger partial charge on any atom is 0.417 e. The molecule has 1 aliphatic carbocycles. The average Bonchev–Trinajstić information content (AvgIpc) is 3.15. The number of aromatic nitrogens is 2. The van der Waals surface area contributed by atoms with E-state index < -0.39 is 11.7 Å². The molecule has 6 nitrogen and oxygen atoms in total. The van der Waals surface area contributed by atoms with Crippen LogP contribution in [0.15, 0.2) is 28.9 Å². The Morgan fingerprint density at radius 3 is 2.73 bits per heavy atom. The Kier molecular flexibility index (Phi) is 4.08. The first-order valence-corrected chi connectivity index (χ1v) is 8.46. The van der Waals surface area contributed by atoms with Gasteiger partial charge in [0.15, 0.2) is 5.69 Å². The van der Waals surface area contributed by atoms with Crippen molar-refractivity contribution in [1.82, 2.24) is 15.5 Å². The van der Waals surface area contributed by atoms with Gasteiger partial charge in [0.05, 0.1) is 5.56 Å². The van der Waals surface area contributed by atoms with E-state index in [1.54, 1.807) is 6.07 Å². The third-order valence-corrected chi connectivity index (χ3v) is 4.66. The predicted octanol–water partition coefficient (Wildman–Crippen LogP) is 2.97. The van der Waals surface area contributed by atoms with Gasteiger partial charge in [-0.25, -0.2) is 4.98 Å². The fraction of sp³-hybridized carbons (Fsp3) is 0.471. The molecular weight excluding hydrogens is 349 g/mol. The highest BCUT2D eigenvalue weighted by Gasteiger charge is 2.32. The number of amides is 1. The van der Waals surface area contributed by atoms with Crippen molar-refractivity contribution in [1.29, 1.82) is 0 Å². The molecule has 0 bridgehead atoms. The van der Waals surface area contributed by atoms with Gasteiger partial charge in [-0.2, -0.15) is 13.2 Å². The lowest BCUT2D eigenvalue weighted by Gasteiger charge is -2.18. The second-order valence-corrected chi connectivity index (χ2v) is 6.70. The maximum absolute atomic E-state index is 12.6. The molecule has 0 unspecified atom stereocenters. The summed E-state index contributed by atoms with van der Waals surface area (Å²) in [5.74, 6) is 1.30. The number of halogens is 3. The van der Waals surface area contributed by atoms with E-state index in [0.717, 1.165) is 30.9 Å². The zero-order valence-corrected chi connectivity index (χ0v) is 13.8. The van der Waals surface area contributed by atoms with Gasteiger partial charge in [-0.05, 0) is 31.4 Å². The van der Waals surface area contributed by atoms with Crippen molar-refractivity contribution in [2.75, 3.05) is 18.0 Å². The number of nitrogens with one attached hydrogen (secondary N) is 1. The van der Waals surface area contributed by atoms with E-state index in [4.69, 9.17) is 4.52 Å². The minimum absolute atomic E-state index is 0.118.